The summed E-state index contributed by atoms with van der Waals surface area (Å²) in [5.41, 5.74) is 15.5. The Hall–Kier alpha value is -3.75. The topological polar surface area (TPSA) is 274 Å². The van der Waals surface area contributed by atoms with E-state index in [1.807, 2.05) is 0 Å². The molecular formula is C17H28N6O9. The molecule has 0 heterocycles. The molecule has 0 saturated carbocycles. The molecule has 0 rings (SSSR count). The average Bonchev–Trinajstić information content (AvgIpc) is 2.66. The molecule has 32 heavy (non-hydrogen) atoms. The van der Waals surface area contributed by atoms with Crippen LogP contribution in [-0.4, -0.2) is 75.9 Å². The van der Waals surface area contributed by atoms with Crippen molar-refractivity contribution in [2.75, 3.05) is 0 Å². The number of aliphatic carboxylic acids is 2. The Morgan fingerprint density at radius 3 is 1.66 bits per heavy atom. The van der Waals surface area contributed by atoms with Gasteiger partial charge in [-0.05, 0) is 19.8 Å². The number of amides is 5. The fourth-order valence-corrected chi connectivity index (χ4v) is 2.33. The number of hydrogen-bond donors (Lipinski definition) is 8. The van der Waals surface area contributed by atoms with Crippen molar-refractivity contribution in [1.29, 1.82) is 0 Å². The van der Waals surface area contributed by atoms with Crippen LogP contribution in [0.4, 0.5) is 0 Å². The summed E-state index contributed by atoms with van der Waals surface area (Å²) in [5.74, 6) is -7.22. The predicted molar refractivity (Wildman–Crippen MR) is 106 cm³/mol. The van der Waals surface area contributed by atoms with E-state index in [2.05, 4.69) is 16.0 Å². The van der Waals surface area contributed by atoms with Crippen molar-refractivity contribution >= 4 is 41.5 Å². The van der Waals surface area contributed by atoms with Crippen molar-refractivity contribution in [3.05, 3.63) is 0 Å². The Morgan fingerprint density at radius 2 is 1.22 bits per heavy atom. The lowest BCUT2D eigenvalue weighted by atomic mass is 10.1. The lowest BCUT2D eigenvalue weighted by molar-refractivity contribution is -0.142. The second-order valence-electron chi connectivity index (χ2n) is 6.91. The number of hydrogen-bond acceptors (Lipinski definition) is 8. The zero-order valence-electron chi connectivity index (χ0n) is 17.3. The number of carbonyl (C=O) groups is 7. The Morgan fingerprint density at radius 1 is 0.750 bits per heavy atom. The maximum Gasteiger partial charge on any atom is 0.325 e. The van der Waals surface area contributed by atoms with Gasteiger partial charge in [-0.25, -0.2) is 0 Å². The molecule has 5 amide bonds. The van der Waals surface area contributed by atoms with Gasteiger partial charge in [0.1, 0.15) is 18.1 Å². The molecule has 0 saturated heterocycles. The first kappa shape index (κ1) is 28.2. The van der Waals surface area contributed by atoms with Gasteiger partial charge in [0.25, 0.3) is 0 Å². The summed E-state index contributed by atoms with van der Waals surface area (Å²) < 4.78 is 0. The monoisotopic (exact) mass is 460 g/mol. The Bertz CT molecular complexity index is 757. The highest BCUT2D eigenvalue weighted by Gasteiger charge is 2.30. The molecule has 180 valence electrons. The summed E-state index contributed by atoms with van der Waals surface area (Å²) in [4.78, 5) is 80.9. The summed E-state index contributed by atoms with van der Waals surface area (Å²) in [6.07, 6.45) is -2.10. The molecule has 0 fully saturated rings. The maximum absolute atomic E-state index is 12.7. The van der Waals surface area contributed by atoms with Crippen LogP contribution in [0.15, 0.2) is 0 Å². The summed E-state index contributed by atoms with van der Waals surface area (Å²) in [6, 6.07) is -5.61. The zero-order chi connectivity index (χ0) is 25.0. The van der Waals surface area contributed by atoms with E-state index in [1.165, 1.54) is 6.92 Å². The van der Waals surface area contributed by atoms with Gasteiger partial charge in [-0.15, -0.1) is 0 Å². The molecule has 15 nitrogen and oxygen atoms in total. The predicted octanol–water partition coefficient (Wildman–Crippen LogP) is -4.12. The zero-order valence-corrected chi connectivity index (χ0v) is 17.3. The van der Waals surface area contributed by atoms with Gasteiger partial charge in [-0.2, -0.15) is 0 Å². The minimum absolute atomic E-state index is 0.292. The van der Waals surface area contributed by atoms with Gasteiger partial charge in [-0.1, -0.05) is 0 Å². The van der Waals surface area contributed by atoms with Crippen molar-refractivity contribution < 1.29 is 43.8 Å². The smallest absolute Gasteiger partial charge is 0.325 e. The molecule has 11 N–H and O–H groups in total. The number of carbonyl (C=O) groups excluding carboxylic acids is 5. The number of rotatable bonds is 15. The number of carboxylic acid groups (broad SMARTS) is 2. The number of carboxylic acids is 2. The van der Waals surface area contributed by atoms with E-state index in [9.17, 15) is 33.6 Å². The normalized spacial score (nSPS) is 14.2. The largest absolute Gasteiger partial charge is 0.481 e. The van der Waals surface area contributed by atoms with Crippen LogP contribution in [0.5, 0.6) is 0 Å². The lowest BCUT2D eigenvalue weighted by Crippen LogP contribution is -2.57. The highest BCUT2D eigenvalue weighted by molar-refractivity contribution is 5.95. The third-order valence-corrected chi connectivity index (χ3v) is 4.08. The molecule has 0 aromatic carbocycles. The van der Waals surface area contributed by atoms with E-state index in [-0.39, 0.29) is 12.8 Å². The second kappa shape index (κ2) is 13.5. The molecule has 0 aliphatic heterocycles. The number of nitrogens with two attached hydrogens (primary N) is 3. The van der Waals surface area contributed by atoms with Crippen molar-refractivity contribution in [1.82, 2.24) is 16.0 Å². The first-order valence-corrected chi connectivity index (χ1v) is 9.42. The van der Waals surface area contributed by atoms with Crippen LogP contribution in [0.25, 0.3) is 0 Å². The first-order valence-electron chi connectivity index (χ1n) is 9.42. The maximum atomic E-state index is 12.7. The summed E-state index contributed by atoms with van der Waals surface area (Å²) in [5, 5.41) is 24.3. The third kappa shape index (κ3) is 11.4. The fourth-order valence-electron chi connectivity index (χ4n) is 2.33. The van der Waals surface area contributed by atoms with Crippen LogP contribution in [0.3, 0.4) is 0 Å². The molecule has 0 aliphatic carbocycles. The molecule has 0 aliphatic rings. The Balaban J connectivity index is 5.48. The van der Waals surface area contributed by atoms with Crippen LogP contribution < -0.4 is 33.2 Å². The van der Waals surface area contributed by atoms with Gasteiger partial charge in [0.05, 0.1) is 12.5 Å². The number of nitrogens with one attached hydrogen (secondary N) is 3. The standard InChI is InChI=1S/C17H28N6O9/c1-7(17(31)32)21-15(29)9(2-4-11(19)24)23-16(30)10(3-5-13(26)27)22-14(28)8(18)6-12(20)25/h7-10H,2-6,18H2,1H3,(H2,19,24)(H2,20,25)(H,21,29)(H,22,28)(H,23,30)(H,26,27)(H,31,32). The average molecular weight is 460 g/mol. The van der Waals surface area contributed by atoms with Crippen LogP contribution in [0.1, 0.15) is 39.0 Å². The Labute approximate surface area is 182 Å². The summed E-state index contributed by atoms with van der Waals surface area (Å²) in [7, 11) is 0. The molecule has 0 aromatic rings. The highest BCUT2D eigenvalue weighted by Crippen LogP contribution is 2.04. The van der Waals surface area contributed by atoms with Crippen molar-refractivity contribution in [2.24, 2.45) is 17.2 Å². The van der Waals surface area contributed by atoms with E-state index < -0.39 is 84.9 Å². The Kier molecular flexibility index (Phi) is 11.9. The summed E-state index contributed by atoms with van der Waals surface area (Å²) >= 11 is 0. The molecule has 4 unspecified atom stereocenters. The van der Waals surface area contributed by atoms with Gasteiger partial charge in [0.15, 0.2) is 0 Å². The minimum Gasteiger partial charge on any atom is -0.481 e. The van der Waals surface area contributed by atoms with Gasteiger partial charge in [0.2, 0.25) is 29.5 Å². The molecular weight excluding hydrogens is 432 g/mol. The number of primary amides is 2. The molecule has 0 spiro atoms. The van der Waals surface area contributed by atoms with Crippen molar-refractivity contribution in [3.8, 4) is 0 Å². The van der Waals surface area contributed by atoms with Gasteiger partial charge >= 0.3 is 11.9 Å². The molecule has 0 aromatic heterocycles. The van der Waals surface area contributed by atoms with Gasteiger partial charge in [0, 0.05) is 12.8 Å². The minimum atomic E-state index is -1.47. The molecule has 0 radical (unpaired) electrons. The highest BCUT2D eigenvalue weighted by atomic mass is 16.4. The second-order valence-corrected chi connectivity index (χ2v) is 6.91. The SMILES string of the molecule is CC(NC(=O)C(CCC(N)=O)NC(=O)C(CCC(=O)O)NC(=O)C(N)CC(N)=O)C(=O)O. The van der Waals surface area contributed by atoms with Crippen LogP contribution in [-0.2, 0) is 33.6 Å². The van der Waals surface area contributed by atoms with Gasteiger partial charge in [-0.3, -0.25) is 33.6 Å². The van der Waals surface area contributed by atoms with E-state index in [4.69, 9.17) is 27.4 Å². The van der Waals surface area contributed by atoms with E-state index >= 15 is 0 Å². The van der Waals surface area contributed by atoms with Crippen LogP contribution in [0, 0.1) is 0 Å². The van der Waals surface area contributed by atoms with Crippen LogP contribution >= 0.6 is 0 Å². The van der Waals surface area contributed by atoms with E-state index in [1.54, 1.807) is 0 Å². The summed E-state index contributed by atoms with van der Waals surface area (Å²) in [6.45, 7) is 1.17. The quantitative estimate of drug-likeness (QED) is 0.117. The van der Waals surface area contributed by atoms with Crippen LogP contribution in [0.2, 0.25) is 0 Å². The van der Waals surface area contributed by atoms with E-state index in [0.29, 0.717) is 0 Å². The lowest BCUT2D eigenvalue weighted by Gasteiger charge is -2.24. The fraction of sp³-hybridized carbons (Fsp3) is 0.588. The molecule has 0 bridgehead atoms. The van der Waals surface area contributed by atoms with Gasteiger partial charge < -0.3 is 43.4 Å². The third-order valence-electron chi connectivity index (χ3n) is 4.08. The van der Waals surface area contributed by atoms with Crippen molar-refractivity contribution in [3.63, 3.8) is 0 Å². The molecule has 15 heteroatoms. The van der Waals surface area contributed by atoms with E-state index in [0.717, 1.165) is 0 Å². The van der Waals surface area contributed by atoms with Crippen molar-refractivity contribution in [2.45, 2.75) is 63.2 Å². The molecule has 4 atom stereocenters. The first-order chi connectivity index (χ1) is 14.7.